The Bertz CT molecular complexity index is 421. The molecule has 2 N–H and O–H groups in total. The molecular formula is C10H10ClF3N2O. The Hall–Kier alpha value is -1.43. The van der Waals surface area contributed by atoms with Crippen LogP contribution in [0.1, 0.15) is 12.5 Å². The number of urea groups is 1. The van der Waals surface area contributed by atoms with Crippen LogP contribution in [0, 0.1) is 0 Å². The molecule has 0 aliphatic carbocycles. The second-order valence-electron chi connectivity index (χ2n) is 3.17. The van der Waals surface area contributed by atoms with E-state index in [0.29, 0.717) is 6.54 Å². The molecule has 0 radical (unpaired) electrons. The molecule has 0 aliphatic heterocycles. The molecular weight excluding hydrogens is 257 g/mol. The Labute approximate surface area is 101 Å². The van der Waals surface area contributed by atoms with Gasteiger partial charge in [-0.05, 0) is 25.1 Å². The van der Waals surface area contributed by atoms with E-state index in [-0.39, 0.29) is 10.7 Å². The van der Waals surface area contributed by atoms with Crippen molar-refractivity contribution in [3.05, 3.63) is 28.8 Å². The number of anilines is 1. The molecule has 0 aliphatic rings. The highest BCUT2D eigenvalue weighted by atomic mass is 35.5. The molecule has 17 heavy (non-hydrogen) atoms. The Balaban J connectivity index is 3.03. The summed E-state index contributed by atoms with van der Waals surface area (Å²) < 4.78 is 37.9. The first kappa shape index (κ1) is 13.6. The molecule has 0 atom stereocenters. The van der Waals surface area contributed by atoms with Crippen LogP contribution in [0.15, 0.2) is 18.2 Å². The van der Waals surface area contributed by atoms with Crippen LogP contribution in [-0.4, -0.2) is 12.6 Å². The maximum Gasteiger partial charge on any atom is 0.418 e. The van der Waals surface area contributed by atoms with Crippen molar-refractivity contribution < 1.29 is 18.0 Å². The van der Waals surface area contributed by atoms with Gasteiger partial charge in [-0.2, -0.15) is 13.2 Å². The van der Waals surface area contributed by atoms with E-state index in [1.54, 1.807) is 6.92 Å². The molecule has 0 bridgehead atoms. The second kappa shape index (κ2) is 5.27. The summed E-state index contributed by atoms with van der Waals surface area (Å²) >= 11 is 5.49. The third kappa shape index (κ3) is 3.81. The van der Waals surface area contributed by atoms with Crippen LogP contribution in [0.5, 0.6) is 0 Å². The number of carbonyl (C=O) groups excluding carboxylic acids is 1. The Morgan fingerprint density at radius 1 is 1.41 bits per heavy atom. The fourth-order valence-corrected chi connectivity index (χ4v) is 1.36. The number of carbonyl (C=O) groups is 1. The van der Waals surface area contributed by atoms with Gasteiger partial charge in [-0.3, -0.25) is 0 Å². The second-order valence-corrected chi connectivity index (χ2v) is 3.61. The summed E-state index contributed by atoms with van der Waals surface area (Å²) in [5, 5.41) is 4.41. The highest BCUT2D eigenvalue weighted by molar-refractivity contribution is 6.30. The van der Waals surface area contributed by atoms with Crippen LogP contribution < -0.4 is 10.6 Å². The zero-order valence-electron chi connectivity index (χ0n) is 8.86. The molecule has 3 nitrogen and oxygen atoms in total. The number of benzene rings is 1. The van der Waals surface area contributed by atoms with E-state index in [9.17, 15) is 18.0 Å². The quantitative estimate of drug-likeness (QED) is 0.845. The van der Waals surface area contributed by atoms with Crippen molar-refractivity contribution >= 4 is 23.3 Å². The standard InChI is InChI=1S/C10H10ClF3N2O/c1-2-15-9(17)16-8-4-3-6(11)5-7(8)10(12,13)14/h3-5H,2H2,1H3,(H2,15,16,17). The van der Waals surface area contributed by atoms with E-state index < -0.39 is 17.8 Å². The van der Waals surface area contributed by atoms with Gasteiger partial charge in [0.2, 0.25) is 0 Å². The zero-order valence-corrected chi connectivity index (χ0v) is 9.62. The molecule has 7 heteroatoms. The number of amides is 2. The van der Waals surface area contributed by atoms with Gasteiger partial charge in [0.25, 0.3) is 0 Å². The van der Waals surface area contributed by atoms with Gasteiger partial charge in [0.15, 0.2) is 0 Å². The van der Waals surface area contributed by atoms with Crippen LogP contribution in [0.2, 0.25) is 5.02 Å². The molecule has 0 saturated heterocycles. The molecule has 1 aromatic carbocycles. The monoisotopic (exact) mass is 266 g/mol. The minimum absolute atomic E-state index is 0.0428. The van der Waals surface area contributed by atoms with E-state index in [4.69, 9.17) is 11.6 Å². The van der Waals surface area contributed by atoms with Gasteiger partial charge in [-0.25, -0.2) is 4.79 Å². The zero-order chi connectivity index (χ0) is 13.1. The first-order valence-electron chi connectivity index (χ1n) is 4.76. The van der Waals surface area contributed by atoms with Gasteiger partial charge in [0.1, 0.15) is 0 Å². The number of halogens is 4. The molecule has 0 unspecified atom stereocenters. The summed E-state index contributed by atoms with van der Waals surface area (Å²) in [6.45, 7) is 1.98. The number of alkyl halides is 3. The summed E-state index contributed by atoms with van der Waals surface area (Å²) in [6.07, 6.45) is -4.57. The average Bonchev–Trinajstić information content (AvgIpc) is 2.19. The van der Waals surface area contributed by atoms with Crippen molar-refractivity contribution in [3.63, 3.8) is 0 Å². The molecule has 1 rings (SSSR count). The Kier molecular flexibility index (Phi) is 4.22. The topological polar surface area (TPSA) is 41.1 Å². The predicted molar refractivity (Wildman–Crippen MR) is 59.1 cm³/mol. The largest absolute Gasteiger partial charge is 0.418 e. The normalized spacial score (nSPS) is 11.1. The van der Waals surface area contributed by atoms with Crippen LogP contribution in [-0.2, 0) is 6.18 Å². The summed E-state index contributed by atoms with van der Waals surface area (Å²) in [7, 11) is 0. The highest BCUT2D eigenvalue weighted by Crippen LogP contribution is 2.36. The fourth-order valence-electron chi connectivity index (χ4n) is 1.19. The first-order valence-corrected chi connectivity index (χ1v) is 5.14. The van der Waals surface area contributed by atoms with Gasteiger partial charge < -0.3 is 10.6 Å². The molecule has 1 aromatic rings. The molecule has 0 spiro atoms. The van der Waals surface area contributed by atoms with Crippen molar-refractivity contribution in [3.8, 4) is 0 Å². The maximum atomic E-state index is 12.6. The average molecular weight is 267 g/mol. The van der Waals surface area contributed by atoms with E-state index in [1.807, 2.05) is 0 Å². The maximum absolute atomic E-state index is 12.6. The van der Waals surface area contributed by atoms with Crippen LogP contribution in [0.4, 0.5) is 23.7 Å². The number of hydrogen-bond donors (Lipinski definition) is 2. The third-order valence-electron chi connectivity index (χ3n) is 1.87. The van der Waals surface area contributed by atoms with Crippen LogP contribution in [0.25, 0.3) is 0 Å². The molecule has 2 amide bonds. The van der Waals surface area contributed by atoms with E-state index in [1.165, 1.54) is 6.07 Å². The van der Waals surface area contributed by atoms with Crippen LogP contribution in [0.3, 0.4) is 0 Å². The number of hydrogen-bond acceptors (Lipinski definition) is 1. The Morgan fingerprint density at radius 3 is 2.59 bits per heavy atom. The van der Waals surface area contributed by atoms with E-state index >= 15 is 0 Å². The molecule has 0 saturated carbocycles. The predicted octanol–water partition coefficient (Wildman–Crippen LogP) is 3.50. The lowest BCUT2D eigenvalue weighted by molar-refractivity contribution is -0.136. The van der Waals surface area contributed by atoms with Gasteiger partial charge in [-0.1, -0.05) is 11.6 Å². The summed E-state index contributed by atoms with van der Waals surface area (Å²) in [5.41, 5.74) is -1.30. The van der Waals surface area contributed by atoms with Gasteiger partial charge >= 0.3 is 12.2 Å². The fraction of sp³-hybridized carbons (Fsp3) is 0.300. The Morgan fingerprint density at radius 2 is 2.06 bits per heavy atom. The summed E-state index contributed by atoms with van der Waals surface area (Å²) in [6, 6.07) is 2.46. The minimum atomic E-state index is -4.57. The molecule has 0 fully saturated rings. The molecule has 0 heterocycles. The number of rotatable bonds is 2. The minimum Gasteiger partial charge on any atom is -0.338 e. The van der Waals surface area contributed by atoms with Gasteiger partial charge in [-0.15, -0.1) is 0 Å². The lowest BCUT2D eigenvalue weighted by atomic mass is 10.1. The van der Waals surface area contributed by atoms with Crippen molar-refractivity contribution in [2.75, 3.05) is 11.9 Å². The SMILES string of the molecule is CCNC(=O)Nc1ccc(Cl)cc1C(F)(F)F. The summed E-state index contributed by atoms with van der Waals surface area (Å²) in [5.74, 6) is 0. The molecule has 0 aromatic heterocycles. The highest BCUT2D eigenvalue weighted by Gasteiger charge is 2.34. The first-order chi connectivity index (χ1) is 7.84. The van der Waals surface area contributed by atoms with Crippen molar-refractivity contribution in [2.45, 2.75) is 13.1 Å². The third-order valence-corrected chi connectivity index (χ3v) is 2.11. The van der Waals surface area contributed by atoms with Crippen molar-refractivity contribution in [1.82, 2.24) is 5.32 Å². The number of nitrogens with one attached hydrogen (secondary N) is 2. The summed E-state index contributed by atoms with van der Waals surface area (Å²) in [4.78, 5) is 11.2. The molecule has 94 valence electrons. The lowest BCUT2D eigenvalue weighted by Gasteiger charge is -2.14. The van der Waals surface area contributed by atoms with E-state index in [2.05, 4.69) is 10.6 Å². The van der Waals surface area contributed by atoms with Crippen LogP contribution >= 0.6 is 11.6 Å². The van der Waals surface area contributed by atoms with Gasteiger partial charge in [0.05, 0.1) is 11.3 Å². The van der Waals surface area contributed by atoms with E-state index in [0.717, 1.165) is 12.1 Å². The van der Waals surface area contributed by atoms with Crippen molar-refractivity contribution in [2.24, 2.45) is 0 Å². The lowest BCUT2D eigenvalue weighted by Crippen LogP contribution is -2.29. The van der Waals surface area contributed by atoms with Gasteiger partial charge in [0, 0.05) is 11.6 Å². The smallest absolute Gasteiger partial charge is 0.338 e. The van der Waals surface area contributed by atoms with Crippen molar-refractivity contribution in [1.29, 1.82) is 0 Å².